The maximum absolute atomic E-state index is 6.18. The summed E-state index contributed by atoms with van der Waals surface area (Å²) < 4.78 is 6.18. The van der Waals surface area contributed by atoms with E-state index in [-0.39, 0.29) is 5.60 Å². The van der Waals surface area contributed by atoms with Crippen LogP contribution in [0, 0.1) is 0 Å². The summed E-state index contributed by atoms with van der Waals surface area (Å²) >= 11 is 0. The molecule has 0 fully saturated rings. The second kappa shape index (κ2) is 5.65. The SMILES string of the molecule is CC(c1ccccc1)N1CC(C)(C)Oc2cc(CN)ccc21. The van der Waals surface area contributed by atoms with Crippen molar-refractivity contribution in [3.63, 3.8) is 0 Å². The molecular weight excluding hydrogens is 272 g/mol. The van der Waals surface area contributed by atoms with Gasteiger partial charge in [-0.15, -0.1) is 0 Å². The third-order valence-electron chi connectivity index (χ3n) is 4.26. The third-order valence-corrected chi connectivity index (χ3v) is 4.26. The number of hydrogen-bond acceptors (Lipinski definition) is 3. The Bertz CT molecular complexity index is 652. The molecule has 1 heterocycles. The van der Waals surface area contributed by atoms with Crippen LogP contribution < -0.4 is 15.4 Å². The summed E-state index contributed by atoms with van der Waals surface area (Å²) in [5.74, 6) is 0.932. The monoisotopic (exact) mass is 296 g/mol. The van der Waals surface area contributed by atoms with Gasteiger partial charge in [0.15, 0.2) is 0 Å². The zero-order valence-electron chi connectivity index (χ0n) is 13.5. The first-order valence-electron chi connectivity index (χ1n) is 7.84. The van der Waals surface area contributed by atoms with Crippen molar-refractivity contribution in [1.82, 2.24) is 0 Å². The van der Waals surface area contributed by atoms with Crippen molar-refractivity contribution >= 4 is 5.69 Å². The first-order valence-corrected chi connectivity index (χ1v) is 7.84. The third kappa shape index (κ3) is 2.81. The van der Waals surface area contributed by atoms with E-state index in [4.69, 9.17) is 10.5 Å². The Kier molecular flexibility index (Phi) is 3.83. The van der Waals surface area contributed by atoms with Crippen LogP contribution in [0.15, 0.2) is 48.5 Å². The zero-order valence-corrected chi connectivity index (χ0v) is 13.5. The van der Waals surface area contributed by atoms with Gasteiger partial charge < -0.3 is 15.4 Å². The molecule has 0 amide bonds. The predicted octanol–water partition coefficient (Wildman–Crippen LogP) is 3.88. The molecule has 1 unspecified atom stereocenters. The Morgan fingerprint density at radius 1 is 1.18 bits per heavy atom. The van der Waals surface area contributed by atoms with Crippen LogP contribution in [0.4, 0.5) is 5.69 Å². The minimum Gasteiger partial charge on any atom is -0.484 e. The minimum atomic E-state index is -0.219. The van der Waals surface area contributed by atoms with Gasteiger partial charge in [0.05, 0.1) is 18.3 Å². The van der Waals surface area contributed by atoms with E-state index in [9.17, 15) is 0 Å². The molecule has 0 spiro atoms. The quantitative estimate of drug-likeness (QED) is 0.934. The van der Waals surface area contributed by atoms with Gasteiger partial charge in [-0.05, 0) is 44.0 Å². The van der Waals surface area contributed by atoms with Crippen molar-refractivity contribution in [2.75, 3.05) is 11.4 Å². The Balaban J connectivity index is 2.02. The Morgan fingerprint density at radius 3 is 2.59 bits per heavy atom. The predicted molar refractivity (Wildman–Crippen MR) is 91.2 cm³/mol. The second-order valence-corrected chi connectivity index (χ2v) is 6.58. The molecule has 3 nitrogen and oxygen atoms in total. The molecular formula is C19H24N2O. The van der Waals surface area contributed by atoms with E-state index in [2.05, 4.69) is 74.2 Å². The maximum Gasteiger partial charge on any atom is 0.143 e. The average Bonchev–Trinajstić information content (AvgIpc) is 2.52. The summed E-state index contributed by atoms with van der Waals surface area (Å²) in [6.07, 6.45) is 0. The second-order valence-electron chi connectivity index (χ2n) is 6.58. The molecule has 1 aliphatic heterocycles. The molecule has 0 radical (unpaired) electrons. The number of nitrogens with zero attached hydrogens (tertiary/aromatic N) is 1. The minimum absolute atomic E-state index is 0.219. The molecule has 0 bridgehead atoms. The van der Waals surface area contributed by atoms with Gasteiger partial charge in [0.2, 0.25) is 0 Å². The van der Waals surface area contributed by atoms with Crippen LogP contribution in [-0.2, 0) is 6.54 Å². The van der Waals surface area contributed by atoms with Crippen LogP contribution in [0.2, 0.25) is 0 Å². The lowest BCUT2D eigenvalue weighted by molar-refractivity contribution is 0.102. The first kappa shape index (κ1) is 14.9. The largest absolute Gasteiger partial charge is 0.484 e. The number of nitrogens with two attached hydrogens (primary N) is 1. The van der Waals surface area contributed by atoms with Crippen LogP contribution in [0.1, 0.15) is 37.9 Å². The Hall–Kier alpha value is -2.00. The Morgan fingerprint density at radius 2 is 1.91 bits per heavy atom. The molecule has 0 saturated carbocycles. The smallest absolute Gasteiger partial charge is 0.143 e. The van der Waals surface area contributed by atoms with Crippen LogP contribution in [0.5, 0.6) is 5.75 Å². The molecule has 0 aromatic heterocycles. The highest BCUT2D eigenvalue weighted by Gasteiger charge is 2.34. The zero-order chi connectivity index (χ0) is 15.7. The Labute approximate surface area is 132 Å². The fourth-order valence-corrected chi connectivity index (χ4v) is 3.09. The molecule has 3 rings (SSSR count). The van der Waals surface area contributed by atoms with Gasteiger partial charge in [-0.1, -0.05) is 36.4 Å². The molecule has 1 atom stereocenters. The maximum atomic E-state index is 6.18. The van der Waals surface area contributed by atoms with Crippen LogP contribution in [-0.4, -0.2) is 12.1 Å². The fraction of sp³-hybridized carbons (Fsp3) is 0.368. The molecule has 0 saturated heterocycles. The van der Waals surface area contributed by atoms with Crippen molar-refractivity contribution < 1.29 is 4.74 Å². The highest BCUT2D eigenvalue weighted by atomic mass is 16.5. The summed E-state index contributed by atoms with van der Waals surface area (Å²) in [4.78, 5) is 2.43. The van der Waals surface area contributed by atoms with Crippen molar-refractivity contribution in [1.29, 1.82) is 0 Å². The summed E-state index contributed by atoms with van der Waals surface area (Å²) in [5, 5.41) is 0. The van der Waals surface area contributed by atoms with E-state index in [1.807, 2.05) is 0 Å². The van der Waals surface area contributed by atoms with E-state index in [0.29, 0.717) is 12.6 Å². The average molecular weight is 296 g/mol. The van der Waals surface area contributed by atoms with Gasteiger partial charge in [-0.2, -0.15) is 0 Å². The van der Waals surface area contributed by atoms with E-state index in [1.54, 1.807) is 0 Å². The van der Waals surface area contributed by atoms with Crippen LogP contribution in [0.3, 0.4) is 0 Å². The highest BCUT2D eigenvalue weighted by molar-refractivity contribution is 5.63. The topological polar surface area (TPSA) is 38.5 Å². The standard InChI is InChI=1S/C19H24N2O/c1-14(16-7-5-4-6-8-16)21-13-19(2,3)22-18-11-15(12-20)9-10-17(18)21/h4-11,14H,12-13,20H2,1-3H3. The van der Waals surface area contributed by atoms with E-state index >= 15 is 0 Å². The van der Waals surface area contributed by atoms with Gasteiger partial charge >= 0.3 is 0 Å². The van der Waals surface area contributed by atoms with Crippen LogP contribution in [0.25, 0.3) is 0 Å². The van der Waals surface area contributed by atoms with Crippen molar-refractivity contribution in [3.8, 4) is 5.75 Å². The molecule has 1 aliphatic rings. The molecule has 2 aromatic rings. The summed E-state index contributed by atoms with van der Waals surface area (Å²) in [7, 11) is 0. The molecule has 2 N–H and O–H groups in total. The summed E-state index contributed by atoms with van der Waals surface area (Å²) in [6, 6.07) is 17.2. The number of ether oxygens (including phenoxy) is 1. The van der Waals surface area contributed by atoms with Crippen LogP contribution >= 0.6 is 0 Å². The molecule has 0 aliphatic carbocycles. The number of anilines is 1. The van der Waals surface area contributed by atoms with Gasteiger partial charge in [-0.3, -0.25) is 0 Å². The summed E-state index contributed by atoms with van der Waals surface area (Å²) in [5.41, 5.74) is 9.11. The van der Waals surface area contributed by atoms with Gasteiger partial charge in [0.25, 0.3) is 0 Å². The molecule has 3 heteroatoms. The first-order chi connectivity index (χ1) is 10.5. The van der Waals surface area contributed by atoms with E-state index in [1.165, 1.54) is 5.56 Å². The number of fused-ring (bicyclic) bond motifs is 1. The highest BCUT2D eigenvalue weighted by Crippen LogP contribution is 2.41. The number of hydrogen-bond donors (Lipinski definition) is 1. The lowest BCUT2D eigenvalue weighted by atomic mass is 9.99. The fourth-order valence-electron chi connectivity index (χ4n) is 3.09. The summed E-state index contributed by atoms with van der Waals surface area (Å²) in [6.45, 7) is 7.91. The van der Waals surface area contributed by atoms with Gasteiger partial charge in [0, 0.05) is 6.54 Å². The molecule has 2 aromatic carbocycles. The number of benzene rings is 2. The van der Waals surface area contributed by atoms with Gasteiger partial charge in [-0.25, -0.2) is 0 Å². The molecule has 22 heavy (non-hydrogen) atoms. The van der Waals surface area contributed by atoms with E-state index < -0.39 is 0 Å². The van der Waals surface area contributed by atoms with Crippen molar-refractivity contribution in [3.05, 3.63) is 59.7 Å². The normalized spacial score (nSPS) is 17.5. The number of rotatable bonds is 3. The van der Waals surface area contributed by atoms with Crippen molar-refractivity contribution in [2.24, 2.45) is 5.73 Å². The molecule has 116 valence electrons. The van der Waals surface area contributed by atoms with Gasteiger partial charge in [0.1, 0.15) is 11.4 Å². The van der Waals surface area contributed by atoms with E-state index in [0.717, 1.165) is 23.5 Å². The van der Waals surface area contributed by atoms with Crippen molar-refractivity contribution in [2.45, 2.75) is 39.0 Å². The lowest BCUT2D eigenvalue weighted by Gasteiger charge is -2.44. The lowest BCUT2D eigenvalue weighted by Crippen LogP contribution is -2.47.